The van der Waals surface area contributed by atoms with Crippen LogP contribution < -0.4 is 27.2 Å². The lowest BCUT2D eigenvalue weighted by molar-refractivity contribution is -0.142. The molecule has 32 heteroatoms. The number of halogens is 10. The Hall–Kier alpha value is -7.54. The van der Waals surface area contributed by atoms with Crippen LogP contribution in [0.25, 0.3) is 22.0 Å². The smallest absolute Gasteiger partial charge is 0.310 e. The van der Waals surface area contributed by atoms with E-state index in [2.05, 4.69) is 45.6 Å². The molecule has 90 heavy (non-hydrogen) atoms. The standard InChI is InChI=1S/C16H11ClF2N2O2.C10H10F2O2.C8H11ClN2O2.2C8H9ClN2O2.C6H3Cl2NO.C2H7NO/c17-14-7-13-9(8-20-14)6-10(16(23)21(13)4-5-22)15-11(18)2-1-3-12(15)19;1-2-14-10(13)6-7-8(11)4-3-5-9(7)12;3*9-8-3-7(10-1-2-12)6(5-13)4-11-8;7-5-1-6(8)9-2-4(5)3-10;3-1-2-4/h1-3,6-8,22H,4-5H2;3-5H,2,6H2,1H3;3-4,12-13H,1-2,5H2,(H,10,11);2*3-5,12H,1-2H2,(H,10,11);1-3H;4H,1-3H2. The maximum atomic E-state index is 14.0. The summed E-state index contributed by atoms with van der Waals surface area (Å²) in [6, 6.07) is 15.8. The van der Waals surface area contributed by atoms with E-state index in [0.29, 0.717) is 116 Å². The lowest BCUT2D eigenvalue weighted by Crippen LogP contribution is -2.24. The molecule has 8 rings (SSSR count). The molecule has 0 fully saturated rings. The number of anilines is 3. The van der Waals surface area contributed by atoms with Crippen LogP contribution in [0.3, 0.4) is 0 Å². The number of aliphatic hydroxyl groups is 6. The van der Waals surface area contributed by atoms with E-state index in [1.165, 1.54) is 65.9 Å². The molecule has 0 aliphatic carbocycles. The Morgan fingerprint density at radius 2 is 1.00 bits per heavy atom. The quantitative estimate of drug-likeness (QED) is 0.0147. The molecule has 484 valence electrons. The van der Waals surface area contributed by atoms with Gasteiger partial charge in [-0.2, -0.15) is 0 Å². The molecule has 11 N–H and O–H groups in total. The third kappa shape index (κ3) is 27.3. The van der Waals surface area contributed by atoms with Gasteiger partial charge in [0.05, 0.1) is 91.0 Å². The number of fused-ring (bicyclic) bond motifs is 1. The van der Waals surface area contributed by atoms with E-state index in [0.717, 1.165) is 24.3 Å². The second-order valence-corrected chi connectivity index (χ2v) is 19.3. The molecule has 0 aliphatic heterocycles. The van der Waals surface area contributed by atoms with Crippen molar-refractivity contribution in [1.82, 2.24) is 29.5 Å². The average molecular weight is 1380 g/mol. The molecular weight excluding hydrogens is 1320 g/mol. The Labute approximate surface area is 542 Å². The lowest BCUT2D eigenvalue weighted by Gasteiger charge is -2.13. The Bertz CT molecular complexity index is 3530. The second-order valence-electron chi connectivity index (χ2n) is 16.9. The van der Waals surface area contributed by atoms with Crippen molar-refractivity contribution in [3.63, 3.8) is 0 Å². The van der Waals surface area contributed by atoms with E-state index in [-0.39, 0.29) is 80.6 Å². The molecule has 6 aromatic heterocycles. The minimum absolute atomic E-state index is 0.00175. The molecule has 8 aromatic rings. The number of esters is 1. The van der Waals surface area contributed by atoms with Crippen LogP contribution in [0.5, 0.6) is 0 Å². The maximum Gasteiger partial charge on any atom is 0.310 e. The topological polar surface area (TPSA) is 347 Å². The van der Waals surface area contributed by atoms with Crippen LogP contribution in [0.1, 0.15) is 49.1 Å². The molecule has 6 heterocycles. The molecule has 0 atom stereocenters. The van der Waals surface area contributed by atoms with Gasteiger partial charge < -0.3 is 61.6 Å². The van der Waals surface area contributed by atoms with Crippen molar-refractivity contribution >= 4 is 122 Å². The molecule has 2 aromatic carbocycles. The number of carbonyl (C=O) groups excluding carboxylic acids is 4. The SMILES string of the molecule is CCOC(=O)Cc1c(F)cccc1F.NCCO.O=Cc1cnc(Cl)cc1Cl.O=Cc1cnc(Cl)cc1NCCO.O=Cc1cnc(Cl)cc1NCCO.O=c1c(-c2c(F)cccc2F)cc2cnc(Cl)cc2n1CCO.OCCNc1cc(Cl)ncc1CO. The molecule has 0 spiro atoms. The number of nitrogens with zero attached hydrogens (tertiary/aromatic N) is 6. The molecule has 0 aliphatic rings. The number of ether oxygens (including phenoxy) is 1. The Morgan fingerprint density at radius 3 is 1.43 bits per heavy atom. The highest BCUT2D eigenvalue weighted by atomic mass is 35.5. The maximum absolute atomic E-state index is 14.0. The molecule has 0 saturated heterocycles. The summed E-state index contributed by atoms with van der Waals surface area (Å²) < 4.78 is 59.9. The average Bonchev–Trinajstić information content (AvgIpc) is 0.789. The highest BCUT2D eigenvalue weighted by Crippen LogP contribution is 2.27. The normalized spacial score (nSPS) is 10.0. The molecule has 0 bridgehead atoms. The predicted molar refractivity (Wildman–Crippen MR) is 337 cm³/mol. The highest BCUT2D eigenvalue weighted by molar-refractivity contribution is 6.35. The van der Waals surface area contributed by atoms with Gasteiger partial charge in [0.2, 0.25) is 0 Å². The van der Waals surface area contributed by atoms with E-state index in [1.807, 2.05) is 0 Å². The fraction of sp³-hybridized carbons (Fsp3) is 0.241. The first-order chi connectivity index (χ1) is 43.1. The number of aromatic nitrogens is 6. The lowest BCUT2D eigenvalue weighted by atomic mass is 10.0. The van der Waals surface area contributed by atoms with Gasteiger partial charge in [-0.1, -0.05) is 81.7 Å². The van der Waals surface area contributed by atoms with E-state index in [4.69, 9.17) is 101 Å². The third-order valence-electron chi connectivity index (χ3n) is 10.8. The zero-order valence-electron chi connectivity index (χ0n) is 47.4. The largest absolute Gasteiger partial charge is 0.466 e. The zero-order valence-corrected chi connectivity index (χ0v) is 51.9. The van der Waals surface area contributed by atoms with Crippen molar-refractivity contribution < 1.29 is 72.1 Å². The van der Waals surface area contributed by atoms with E-state index in [9.17, 15) is 46.6 Å². The molecule has 22 nitrogen and oxygen atoms in total. The van der Waals surface area contributed by atoms with Gasteiger partial charge in [-0.25, -0.2) is 42.5 Å². The summed E-state index contributed by atoms with van der Waals surface area (Å²) >= 11 is 33.8. The van der Waals surface area contributed by atoms with Crippen LogP contribution >= 0.6 is 69.6 Å². The van der Waals surface area contributed by atoms with Gasteiger partial charge in [-0.05, 0) is 67.6 Å². The van der Waals surface area contributed by atoms with Crippen molar-refractivity contribution in [2.45, 2.75) is 26.5 Å². The van der Waals surface area contributed by atoms with Crippen molar-refractivity contribution in [3.8, 4) is 11.1 Å². The number of pyridine rings is 6. The summed E-state index contributed by atoms with van der Waals surface area (Å²) in [5.41, 5.74) is 7.57. The summed E-state index contributed by atoms with van der Waals surface area (Å²) in [6.07, 6.45) is 8.64. The van der Waals surface area contributed by atoms with Crippen LogP contribution in [-0.2, 0) is 29.1 Å². The van der Waals surface area contributed by atoms with Crippen molar-refractivity contribution in [1.29, 1.82) is 0 Å². The summed E-state index contributed by atoms with van der Waals surface area (Å²) in [7, 11) is 0. The van der Waals surface area contributed by atoms with Gasteiger partial charge in [0.15, 0.2) is 18.9 Å². The van der Waals surface area contributed by atoms with Crippen molar-refractivity contribution in [2.24, 2.45) is 5.73 Å². The number of benzene rings is 2. The first-order valence-corrected chi connectivity index (χ1v) is 28.3. The van der Waals surface area contributed by atoms with E-state index in [1.54, 1.807) is 25.1 Å². The van der Waals surface area contributed by atoms with Crippen LogP contribution in [0, 0.1) is 23.3 Å². The van der Waals surface area contributed by atoms with Gasteiger partial charge in [0, 0.05) is 97.3 Å². The predicted octanol–water partition coefficient (Wildman–Crippen LogP) is 8.73. The molecule has 0 unspecified atom stereocenters. The van der Waals surface area contributed by atoms with Crippen LogP contribution in [-0.4, -0.2) is 151 Å². The van der Waals surface area contributed by atoms with Crippen LogP contribution in [0.15, 0.2) is 109 Å². The number of aldehydes is 3. The van der Waals surface area contributed by atoms with Gasteiger partial charge in [0.1, 0.15) is 49.0 Å². The first-order valence-electron chi connectivity index (χ1n) is 26.1. The minimum Gasteiger partial charge on any atom is -0.466 e. The molecule has 0 amide bonds. The summed E-state index contributed by atoms with van der Waals surface area (Å²) in [4.78, 5) is 73.7. The zero-order chi connectivity index (χ0) is 67.1. The minimum atomic E-state index is -0.834. The first kappa shape index (κ1) is 78.6. The van der Waals surface area contributed by atoms with Crippen LogP contribution in [0.2, 0.25) is 30.8 Å². The monoisotopic (exact) mass is 1370 g/mol. The highest BCUT2D eigenvalue weighted by Gasteiger charge is 2.19. The number of rotatable bonds is 20. The second kappa shape index (κ2) is 44.0. The Balaban J connectivity index is 0.000000371. The third-order valence-corrected chi connectivity index (χ3v) is 12.1. The van der Waals surface area contributed by atoms with E-state index >= 15 is 0 Å². The van der Waals surface area contributed by atoms with Crippen molar-refractivity contribution in [2.75, 3.05) is 81.8 Å². The molecule has 0 radical (unpaired) electrons. The number of hydrogen-bond acceptors (Lipinski definition) is 21. The number of hydrogen-bond donors (Lipinski definition) is 10. The van der Waals surface area contributed by atoms with Gasteiger partial charge in [0.25, 0.3) is 5.56 Å². The Morgan fingerprint density at radius 1 is 0.578 bits per heavy atom. The number of nitrogens with two attached hydrogens (primary N) is 1. The summed E-state index contributed by atoms with van der Waals surface area (Å²) in [5, 5.41) is 62.4. The number of nitrogens with one attached hydrogen (secondary N) is 3. The van der Waals surface area contributed by atoms with Crippen LogP contribution in [0.4, 0.5) is 34.6 Å². The van der Waals surface area contributed by atoms with Gasteiger partial charge in [-0.15, -0.1) is 0 Å². The van der Waals surface area contributed by atoms with Crippen molar-refractivity contribution in [3.05, 3.63) is 196 Å². The van der Waals surface area contributed by atoms with Gasteiger partial charge in [-0.3, -0.25) is 24.0 Å². The molecule has 0 saturated carbocycles. The fourth-order valence-corrected chi connectivity index (χ4v) is 7.80. The number of carbonyl (C=O) groups is 4. The Kier molecular flexibility index (Phi) is 38.4. The number of aliphatic hydroxyl groups excluding tert-OH is 6. The summed E-state index contributed by atoms with van der Waals surface area (Å²) in [6.45, 7) is 3.08. The fourth-order valence-electron chi connectivity index (χ4n) is 6.76. The van der Waals surface area contributed by atoms with Gasteiger partial charge >= 0.3 is 5.97 Å². The molecular formula is C58H60Cl6F4N10O12. The summed E-state index contributed by atoms with van der Waals surface area (Å²) in [5.74, 6) is -3.74. The van der Waals surface area contributed by atoms with E-state index < -0.39 is 40.4 Å².